The highest BCUT2D eigenvalue weighted by atomic mass is 16.5. The van der Waals surface area contributed by atoms with Gasteiger partial charge in [0.2, 0.25) is 5.91 Å². The molecule has 1 aliphatic heterocycles. The Balaban J connectivity index is 2.39. The standard InChI is InChI=1S/C8H14N2O3/c1-13-8(12)6(9)5-10-4-2-3-7(10)11/h6H,2-5,9H2,1H3/t6-/m0/s1. The van der Waals surface area contributed by atoms with Gasteiger partial charge >= 0.3 is 5.97 Å². The molecule has 13 heavy (non-hydrogen) atoms. The predicted molar refractivity (Wildman–Crippen MR) is 45.8 cm³/mol. The van der Waals surface area contributed by atoms with E-state index in [0.717, 1.165) is 6.42 Å². The highest BCUT2D eigenvalue weighted by molar-refractivity contribution is 5.80. The van der Waals surface area contributed by atoms with Gasteiger partial charge in [0.05, 0.1) is 7.11 Å². The Kier molecular flexibility index (Phi) is 3.25. The summed E-state index contributed by atoms with van der Waals surface area (Å²) in [6.07, 6.45) is 1.42. The molecule has 0 unspecified atom stereocenters. The van der Waals surface area contributed by atoms with Crippen molar-refractivity contribution in [1.82, 2.24) is 4.90 Å². The smallest absolute Gasteiger partial charge is 0.324 e. The summed E-state index contributed by atoms with van der Waals surface area (Å²) in [4.78, 5) is 23.7. The Labute approximate surface area is 76.8 Å². The molecule has 1 heterocycles. The van der Waals surface area contributed by atoms with Gasteiger partial charge in [-0.2, -0.15) is 0 Å². The maximum absolute atomic E-state index is 11.1. The number of hydrogen-bond acceptors (Lipinski definition) is 4. The summed E-state index contributed by atoms with van der Waals surface area (Å²) in [5, 5.41) is 0. The number of nitrogens with zero attached hydrogens (tertiary/aromatic N) is 1. The van der Waals surface area contributed by atoms with Gasteiger partial charge in [-0.15, -0.1) is 0 Å². The molecule has 5 nitrogen and oxygen atoms in total. The van der Waals surface area contributed by atoms with Gasteiger partial charge < -0.3 is 15.4 Å². The minimum absolute atomic E-state index is 0.0688. The molecule has 0 aliphatic carbocycles. The number of likely N-dealkylation sites (tertiary alicyclic amines) is 1. The number of methoxy groups -OCH3 is 1. The van der Waals surface area contributed by atoms with Crippen LogP contribution in [0.2, 0.25) is 0 Å². The van der Waals surface area contributed by atoms with Crippen LogP contribution in [0, 0.1) is 0 Å². The third-order valence-electron chi connectivity index (χ3n) is 2.09. The fourth-order valence-corrected chi connectivity index (χ4v) is 1.36. The van der Waals surface area contributed by atoms with E-state index in [2.05, 4.69) is 4.74 Å². The minimum Gasteiger partial charge on any atom is -0.468 e. The van der Waals surface area contributed by atoms with Gasteiger partial charge in [0.1, 0.15) is 6.04 Å². The van der Waals surface area contributed by atoms with Crippen molar-refractivity contribution in [2.45, 2.75) is 18.9 Å². The highest BCUT2D eigenvalue weighted by Gasteiger charge is 2.25. The average molecular weight is 186 g/mol. The third kappa shape index (κ3) is 2.42. The van der Waals surface area contributed by atoms with E-state index in [1.54, 1.807) is 4.90 Å². The van der Waals surface area contributed by atoms with E-state index < -0.39 is 12.0 Å². The van der Waals surface area contributed by atoms with Crippen LogP contribution < -0.4 is 5.73 Å². The molecular weight excluding hydrogens is 172 g/mol. The van der Waals surface area contributed by atoms with E-state index in [4.69, 9.17) is 5.73 Å². The van der Waals surface area contributed by atoms with Crippen molar-refractivity contribution in [3.05, 3.63) is 0 Å². The van der Waals surface area contributed by atoms with Crippen molar-refractivity contribution in [2.24, 2.45) is 5.73 Å². The molecule has 74 valence electrons. The topological polar surface area (TPSA) is 72.6 Å². The Bertz CT molecular complexity index is 217. The highest BCUT2D eigenvalue weighted by Crippen LogP contribution is 2.09. The van der Waals surface area contributed by atoms with Crippen LogP contribution in [0.4, 0.5) is 0 Å². The first-order valence-electron chi connectivity index (χ1n) is 4.26. The molecule has 2 N–H and O–H groups in total. The first-order chi connectivity index (χ1) is 6.15. The van der Waals surface area contributed by atoms with E-state index in [1.807, 2.05) is 0 Å². The zero-order chi connectivity index (χ0) is 9.84. The first-order valence-corrected chi connectivity index (χ1v) is 4.26. The quantitative estimate of drug-likeness (QED) is 0.580. The van der Waals surface area contributed by atoms with Crippen molar-refractivity contribution in [1.29, 1.82) is 0 Å². The Morgan fingerprint density at radius 2 is 2.46 bits per heavy atom. The largest absolute Gasteiger partial charge is 0.468 e. The number of ether oxygens (including phenoxy) is 1. The van der Waals surface area contributed by atoms with Crippen LogP contribution in [0.5, 0.6) is 0 Å². The molecule has 1 atom stereocenters. The zero-order valence-corrected chi connectivity index (χ0v) is 7.66. The van der Waals surface area contributed by atoms with Crippen LogP contribution in [-0.4, -0.2) is 43.0 Å². The fourth-order valence-electron chi connectivity index (χ4n) is 1.36. The molecule has 0 aromatic heterocycles. The summed E-state index contributed by atoms with van der Waals surface area (Å²) in [6.45, 7) is 0.967. The molecule has 0 spiro atoms. The summed E-state index contributed by atoms with van der Waals surface area (Å²) in [7, 11) is 1.29. The molecule has 0 saturated carbocycles. The van der Waals surface area contributed by atoms with Crippen LogP contribution in [0.1, 0.15) is 12.8 Å². The number of esters is 1. The molecule has 5 heteroatoms. The molecule has 1 aliphatic rings. The van der Waals surface area contributed by atoms with Gasteiger partial charge in [-0.05, 0) is 6.42 Å². The van der Waals surface area contributed by atoms with Gasteiger partial charge in [-0.1, -0.05) is 0 Å². The van der Waals surface area contributed by atoms with E-state index in [-0.39, 0.29) is 12.5 Å². The lowest BCUT2D eigenvalue weighted by Crippen LogP contribution is -2.43. The van der Waals surface area contributed by atoms with Gasteiger partial charge in [-0.3, -0.25) is 9.59 Å². The maximum atomic E-state index is 11.1. The second-order valence-corrected chi connectivity index (χ2v) is 3.07. The van der Waals surface area contributed by atoms with Crippen molar-refractivity contribution >= 4 is 11.9 Å². The zero-order valence-electron chi connectivity index (χ0n) is 7.66. The number of amides is 1. The van der Waals surface area contributed by atoms with Gasteiger partial charge in [0, 0.05) is 19.5 Å². The van der Waals surface area contributed by atoms with Crippen molar-refractivity contribution < 1.29 is 14.3 Å². The van der Waals surface area contributed by atoms with Crippen LogP contribution in [0.25, 0.3) is 0 Å². The monoisotopic (exact) mass is 186 g/mol. The predicted octanol–water partition coefficient (Wildman–Crippen LogP) is -0.891. The maximum Gasteiger partial charge on any atom is 0.324 e. The van der Waals surface area contributed by atoms with Crippen LogP contribution in [0.15, 0.2) is 0 Å². The molecule has 1 amide bonds. The minimum atomic E-state index is -0.716. The van der Waals surface area contributed by atoms with E-state index in [9.17, 15) is 9.59 Å². The summed E-state index contributed by atoms with van der Waals surface area (Å²) >= 11 is 0. The summed E-state index contributed by atoms with van der Waals surface area (Å²) in [6, 6.07) is -0.716. The van der Waals surface area contributed by atoms with Crippen molar-refractivity contribution in [3.63, 3.8) is 0 Å². The van der Waals surface area contributed by atoms with Crippen LogP contribution in [-0.2, 0) is 14.3 Å². The van der Waals surface area contributed by atoms with E-state index in [1.165, 1.54) is 7.11 Å². The molecule has 1 rings (SSSR count). The third-order valence-corrected chi connectivity index (χ3v) is 2.09. The van der Waals surface area contributed by atoms with Crippen LogP contribution in [0.3, 0.4) is 0 Å². The normalized spacial score (nSPS) is 18.9. The molecular formula is C8H14N2O3. The summed E-state index contributed by atoms with van der Waals surface area (Å²) in [5.41, 5.74) is 5.50. The van der Waals surface area contributed by atoms with Crippen molar-refractivity contribution in [2.75, 3.05) is 20.2 Å². The Morgan fingerprint density at radius 3 is 2.92 bits per heavy atom. The first kappa shape index (κ1) is 9.98. The molecule has 0 aromatic rings. The molecule has 1 saturated heterocycles. The molecule has 1 fully saturated rings. The lowest BCUT2D eigenvalue weighted by Gasteiger charge is -2.18. The van der Waals surface area contributed by atoms with E-state index >= 15 is 0 Å². The van der Waals surface area contributed by atoms with Gasteiger partial charge in [0.15, 0.2) is 0 Å². The summed E-state index contributed by atoms with van der Waals surface area (Å²) < 4.78 is 4.46. The second-order valence-electron chi connectivity index (χ2n) is 3.07. The van der Waals surface area contributed by atoms with Gasteiger partial charge in [0.25, 0.3) is 0 Å². The lowest BCUT2D eigenvalue weighted by atomic mass is 10.3. The summed E-state index contributed by atoms with van der Waals surface area (Å²) in [5.74, 6) is -0.404. The number of nitrogens with two attached hydrogens (primary N) is 1. The molecule has 0 aromatic carbocycles. The fraction of sp³-hybridized carbons (Fsp3) is 0.750. The Morgan fingerprint density at radius 1 is 1.77 bits per heavy atom. The SMILES string of the molecule is COC(=O)[C@@H](N)CN1CCCC1=O. The molecule has 0 radical (unpaired) electrons. The van der Waals surface area contributed by atoms with E-state index in [0.29, 0.717) is 13.0 Å². The average Bonchev–Trinajstić information content (AvgIpc) is 2.50. The van der Waals surface area contributed by atoms with Crippen LogP contribution >= 0.6 is 0 Å². The number of carbonyl (C=O) groups excluding carboxylic acids is 2. The van der Waals surface area contributed by atoms with Crippen molar-refractivity contribution in [3.8, 4) is 0 Å². The number of rotatable bonds is 3. The lowest BCUT2D eigenvalue weighted by molar-refractivity contribution is -0.143. The van der Waals surface area contributed by atoms with Gasteiger partial charge in [-0.25, -0.2) is 0 Å². The number of carbonyl (C=O) groups is 2. The Hall–Kier alpha value is -1.10. The second kappa shape index (κ2) is 4.23. The number of hydrogen-bond donors (Lipinski definition) is 1. The molecule has 0 bridgehead atoms.